The van der Waals surface area contributed by atoms with E-state index in [1.165, 1.54) is 43.8 Å². The van der Waals surface area contributed by atoms with E-state index in [9.17, 15) is 0 Å². The van der Waals surface area contributed by atoms with E-state index in [0.29, 0.717) is 5.69 Å². The Bertz CT molecular complexity index is 2380. The van der Waals surface area contributed by atoms with Crippen LogP contribution in [-0.4, -0.2) is 14.1 Å². The van der Waals surface area contributed by atoms with Crippen molar-refractivity contribution in [3.63, 3.8) is 0 Å². The molecule has 0 saturated carbocycles. The molecule has 0 fully saturated rings. The smallest absolute Gasteiger partial charge is 0.194 e. The van der Waals surface area contributed by atoms with E-state index >= 15 is 0 Å². The summed E-state index contributed by atoms with van der Waals surface area (Å²) in [4.78, 5) is 9.20. The molecule has 8 rings (SSSR count). The SMILES string of the molecule is [C-]#[N+]c1ccccc1-c1ccnc(-n2c3c(C)cccc3c3cccc(C)c32)c1-n1c2c(C)cccc2c2cccc(C)c21. The third kappa shape index (κ3) is 3.53. The second kappa shape index (κ2) is 9.69. The van der Waals surface area contributed by atoms with Crippen LogP contribution in [0.15, 0.2) is 109 Å². The normalized spacial score (nSPS) is 11.6. The Morgan fingerprint density at radius 2 is 0.955 bits per heavy atom. The zero-order valence-corrected chi connectivity index (χ0v) is 25.2. The maximum atomic E-state index is 8.07. The lowest BCUT2D eigenvalue weighted by atomic mass is 10.0. The maximum Gasteiger partial charge on any atom is 0.194 e. The molecule has 8 aromatic rings. The lowest BCUT2D eigenvalue weighted by Crippen LogP contribution is -2.09. The summed E-state index contributed by atoms with van der Waals surface area (Å²) < 4.78 is 4.78. The standard InChI is InChI=1S/C40H30N4/c1-24-12-8-17-29-30-18-9-13-25(2)36(30)43(35(24)29)39-33(28-16-6-7-21-34(28)41-5)22-23-42-40(39)44-37-26(3)14-10-19-31(37)32-20-11-15-27(4)38(32)44/h6-23H,1-4H3. The highest BCUT2D eigenvalue weighted by Gasteiger charge is 2.26. The third-order valence-corrected chi connectivity index (χ3v) is 9.08. The molecular weight excluding hydrogens is 536 g/mol. The minimum Gasteiger partial charge on any atom is -0.305 e. The fraction of sp³-hybridized carbons (Fsp3) is 0.100. The molecule has 0 amide bonds. The van der Waals surface area contributed by atoms with Crippen molar-refractivity contribution < 1.29 is 0 Å². The van der Waals surface area contributed by atoms with Crippen LogP contribution < -0.4 is 0 Å². The zero-order valence-electron chi connectivity index (χ0n) is 25.2. The van der Waals surface area contributed by atoms with Gasteiger partial charge in [-0.05, 0) is 61.6 Å². The minimum atomic E-state index is 0.620. The van der Waals surface area contributed by atoms with Crippen LogP contribution in [0.25, 0.3) is 71.1 Å². The third-order valence-electron chi connectivity index (χ3n) is 9.08. The average molecular weight is 567 g/mol. The highest BCUT2D eigenvalue weighted by Crippen LogP contribution is 2.44. The predicted octanol–water partition coefficient (Wildman–Crippen LogP) is 10.7. The Labute approximate surface area is 256 Å². The number of hydrogen-bond acceptors (Lipinski definition) is 1. The molecule has 44 heavy (non-hydrogen) atoms. The molecular formula is C40H30N4. The van der Waals surface area contributed by atoms with Crippen molar-refractivity contribution in [2.45, 2.75) is 27.7 Å². The maximum absolute atomic E-state index is 8.07. The zero-order chi connectivity index (χ0) is 30.1. The number of pyridine rings is 1. The van der Waals surface area contributed by atoms with Crippen LogP contribution in [0.3, 0.4) is 0 Å². The molecule has 3 heterocycles. The average Bonchev–Trinajstić information content (AvgIpc) is 3.57. The van der Waals surface area contributed by atoms with Crippen molar-refractivity contribution in [1.29, 1.82) is 0 Å². The van der Waals surface area contributed by atoms with Crippen LogP contribution >= 0.6 is 0 Å². The molecule has 0 unspecified atom stereocenters. The highest BCUT2D eigenvalue weighted by molar-refractivity contribution is 6.14. The van der Waals surface area contributed by atoms with Crippen LogP contribution in [0.4, 0.5) is 5.69 Å². The van der Waals surface area contributed by atoms with Gasteiger partial charge in [-0.3, -0.25) is 4.57 Å². The first-order valence-electron chi connectivity index (χ1n) is 14.9. The number of benzene rings is 5. The van der Waals surface area contributed by atoms with Gasteiger partial charge >= 0.3 is 0 Å². The molecule has 4 nitrogen and oxygen atoms in total. The van der Waals surface area contributed by atoms with Crippen LogP contribution in [0.5, 0.6) is 0 Å². The van der Waals surface area contributed by atoms with E-state index in [2.05, 4.69) is 127 Å². The molecule has 0 saturated heterocycles. The second-order valence-corrected chi connectivity index (χ2v) is 11.7. The molecule has 0 atom stereocenters. The van der Waals surface area contributed by atoms with Gasteiger partial charge in [0.05, 0.1) is 34.3 Å². The van der Waals surface area contributed by atoms with E-state index in [-0.39, 0.29) is 0 Å². The van der Waals surface area contributed by atoms with E-state index in [0.717, 1.165) is 44.7 Å². The summed E-state index contributed by atoms with van der Waals surface area (Å²) in [6.45, 7) is 16.8. The van der Waals surface area contributed by atoms with E-state index in [1.807, 2.05) is 24.4 Å². The number of para-hydroxylation sites is 5. The number of fused-ring (bicyclic) bond motifs is 6. The van der Waals surface area contributed by atoms with Gasteiger partial charge in [-0.2, -0.15) is 0 Å². The quantitative estimate of drug-likeness (QED) is 0.195. The van der Waals surface area contributed by atoms with Crippen molar-refractivity contribution in [3.8, 4) is 22.6 Å². The molecule has 210 valence electrons. The van der Waals surface area contributed by atoms with E-state index in [1.54, 1.807) is 0 Å². The first-order chi connectivity index (χ1) is 21.5. The van der Waals surface area contributed by atoms with Gasteiger partial charge < -0.3 is 4.57 Å². The molecule has 5 aromatic carbocycles. The van der Waals surface area contributed by atoms with Gasteiger partial charge in [0.2, 0.25) is 0 Å². The van der Waals surface area contributed by atoms with Gasteiger partial charge in [-0.15, -0.1) is 0 Å². The lowest BCUT2D eigenvalue weighted by Gasteiger charge is -2.21. The first kappa shape index (κ1) is 26.0. The molecule has 4 heteroatoms. The number of aromatic nitrogens is 3. The Morgan fingerprint density at radius 3 is 1.43 bits per heavy atom. The molecule has 0 aliphatic rings. The van der Waals surface area contributed by atoms with Gasteiger partial charge in [0.1, 0.15) is 0 Å². The Hall–Kier alpha value is -5.66. The van der Waals surface area contributed by atoms with Crippen LogP contribution in [-0.2, 0) is 0 Å². The minimum absolute atomic E-state index is 0.620. The molecule has 0 spiro atoms. The topological polar surface area (TPSA) is 27.1 Å². The molecule has 0 N–H and O–H groups in total. The fourth-order valence-electron chi connectivity index (χ4n) is 7.19. The van der Waals surface area contributed by atoms with Gasteiger partial charge in [0, 0.05) is 33.3 Å². The molecule has 0 bridgehead atoms. The monoisotopic (exact) mass is 566 g/mol. The Morgan fingerprint density at radius 1 is 0.500 bits per heavy atom. The van der Waals surface area contributed by atoms with Gasteiger partial charge in [-0.1, -0.05) is 97.1 Å². The highest BCUT2D eigenvalue weighted by atomic mass is 15.1. The predicted molar refractivity (Wildman–Crippen MR) is 184 cm³/mol. The lowest BCUT2D eigenvalue weighted by molar-refractivity contribution is 1.02. The van der Waals surface area contributed by atoms with Crippen molar-refractivity contribution >= 4 is 49.3 Å². The van der Waals surface area contributed by atoms with Crippen molar-refractivity contribution in [2.75, 3.05) is 0 Å². The van der Waals surface area contributed by atoms with Crippen LogP contribution in [0.1, 0.15) is 22.3 Å². The second-order valence-electron chi connectivity index (χ2n) is 11.7. The molecule has 0 aliphatic carbocycles. The summed E-state index contributed by atoms with van der Waals surface area (Å²) in [5, 5.41) is 4.82. The number of aryl methyl sites for hydroxylation is 4. The first-order valence-corrected chi connectivity index (χ1v) is 14.9. The van der Waals surface area contributed by atoms with Crippen LogP contribution in [0, 0.1) is 34.3 Å². The van der Waals surface area contributed by atoms with Gasteiger partial charge in [-0.25, -0.2) is 9.83 Å². The Kier molecular flexibility index (Phi) is 5.73. The summed E-state index contributed by atoms with van der Waals surface area (Å²) in [6.07, 6.45) is 1.90. The van der Waals surface area contributed by atoms with Crippen LogP contribution in [0.2, 0.25) is 0 Å². The van der Waals surface area contributed by atoms with Gasteiger partial charge in [0.15, 0.2) is 11.5 Å². The van der Waals surface area contributed by atoms with Gasteiger partial charge in [0.25, 0.3) is 0 Å². The summed E-state index contributed by atoms with van der Waals surface area (Å²) in [5.74, 6) is 0.844. The molecule has 0 radical (unpaired) electrons. The Balaban J connectivity index is 1.67. The van der Waals surface area contributed by atoms with Crippen molar-refractivity contribution in [2.24, 2.45) is 0 Å². The summed E-state index contributed by atoms with van der Waals surface area (Å²) >= 11 is 0. The number of nitrogens with zero attached hydrogens (tertiary/aromatic N) is 4. The van der Waals surface area contributed by atoms with Crippen molar-refractivity contribution in [1.82, 2.24) is 14.1 Å². The van der Waals surface area contributed by atoms with E-state index < -0.39 is 0 Å². The summed E-state index contributed by atoms with van der Waals surface area (Å²) in [5.41, 5.74) is 12.8. The molecule has 3 aromatic heterocycles. The largest absolute Gasteiger partial charge is 0.305 e. The van der Waals surface area contributed by atoms with Crippen molar-refractivity contribution in [3.05, 3.63) is 143 Å². The summed E-state index contributed by atoms with van der Waals surface area (Å²) in [7, 11) is 0. The fourth-order valence-corrected chi connectivity index (χ4v) is 7.19. The number of hydrogen-bond donors (Lipinski definition) is 0. The number of rotatable bonds is 3. The summed E-state index contributed by atoms with van der Waals surface area (Å²) in [6, 6.07) is 36.2. The molecule has 0 aliphatic heterocycles. The van der Waals surface area contributed by atoms with E-state index in [4.69, 9.17) is 11.6 Å².